The summed E-state index contributed by atoms with van der Waals surface area (Å²) in [6, 6.07) is 41.9. The Morgan fingerprint density at radius 2 is 0.840 bits per heavy atom. The Morgan fingerprint density at radius 3 is 1.23 bits per heavy atom. The van der Waals surface area contributed by atoms with Crippen LogP contribution in [0.25, 0.3) is 22.3 Å². The van der Waals surface area contributed by atoms with Crippen LogP contribution in [0.15, 0.2) is 127 Å². The molecule has 0 saturated carbocycles. The fourth-order valence-corrected chi connectivity index (χ4v) is 9.25. The van der Waals surface area contributed by atoms with Crippen molar-refractivity contribution in [2.24, 2.45) is 11.8 Å². The van der Waals surface area contributed by atoms with E-state index in [-0.39, 0.29) is 44.5 Å². The second-order valence-corrected chi connectivity index (χ2v) is 20.9. The molecule has 14 nitrogen and oxygen atoms in total. The van der Waals surface area contributed by atoms with Crippen molar-refractivity contribution >= 4 is 36.1 Å². The van der Waals surface area contributed by atoms with Gasteiger partial charge >= 0.3 is 36.1 Å². The first kappa shape index (κ1) is 56.8. The lowest BCUT2D eigenvalue weighted by atomic mass is 9.97. The Morgan fingerprint density at radius 1 is 0.480 bits per heavy atom. The fourth-order valence-electron chi connectivity index (χ4n) is 9.25. The maximum atomic E-state index is 13.0. The summed E-state index contributed by atoms with van der Waals surface area (Å²) in [5.74, 6) is -3.96. The van der Waals surface area contributed by atoms with Gasteiger partial charge in [0.1, 0.15) is 31.0 Å². The first-order chi connectivity index (χ1) is 35.9. The summed E-state index contributed by atoms with van der Waals surface area (Å²) in [6.45, 7) is 12.1. The van der Waals surface area contributed by atoms with Crippen molar-refractivity contribution in [1.82, 2.24) is 10.6 Å². The van der Waals surface area contributed by atoms with E-state index in [0.717, 1.165) is 50.1 Å². The maximum absolute atomic E-state index is 13.0. The second-order valence-electron chi connectivity index (χ2n) is 20.9. The molecule has 0 radical (unpaired) electrons. The monoisotopic (exact) mass is 1020 g/mol. The molecule has 75 heavy (non-hydrogen) atoms. The van der Waals surface area contributed by atoms with Crippen molar-refractivity contribution in [2.45, 2.75) is 123 Å². The van der Waals surface area contributed by atoms with Gasteiger partial charge in [-0.3, -0.25) is 19.2 Å². The third-order valence-corrected chi connectivity index (χ3v) is 12.8. The molecule has 14 heteroatoms. The van der Waals surface area contributed by atoms with Crippen LogP contribution in [0.2, 0.25) is 0 Å². The normalized spacial score (nSPS) is 13.3. The van der Waals surface area contributed by atoms with E-state index >= 15 is 0 Å². The summed E-state index contributed by atoms with van der Waals surface area (Å²) >= 11 is 0. The summed E-state index contributed by atoms with van der Waals surface area (Å²) in [6.07, 6.45) is 1.95. The number of aliphatic carboxylic acids is 1. The minimum atomic E-state index is -1.02. The number of fused-ring (bicyclic) bond motifs is 6. The Balaban J connectivity index is 0.000000248. The predicted octanol–water partition coefficient (Wildman–Crippen LogP) is 11.9. The average Bonchev–Trinajstić information content (AvgIpc) is 3.87. The molecule has 0 bridgehead atoms. The largest absolute Gasteiger partial charge is 0.481 e. The van der Waals surface area contributed by atoms with Gasteiger partial charge in [0.15, 0.2) is 0 Å². The van der Waals surface area contributed by atoms with Crippen LogP contribution in [-0.4, -0.2) is 78.7 Å². The van der Waals surface area contributed by atoms with Crippen LogP contribution in [0.3, 0.4) is 0 Å². The molecular formula is C61H72N2O12. The van der Waals surface area contributed by atoms with Crippen molar-refractivity contribution in [1.29, 1.82) is 0 Å². The number of hydrogen-bond acceptors (Lipinski definition) is 11. The molecule has 0 spiro atoms. The average molecular weight is 1030 g/mol. The van der Waals surface area contributed by atoms with Crippen molar-refractivity contribution in [3.63, 3.8) is 0 Å². The van der Waals surface area contributed by atoms with E-state index in [1.165, 1.54) is 0 Å². The highest BCUT2D eigenvalue weighted by Gasteiger charge is 2.32. The second kappa shape index (κ2) is 27.2. The van der Waals surface area contributed by atoms with Crippen molar-refractivity contribution in [2.75, 3.05) is 26.3 Å². The molecule has 0 fully saturated rings. The first-order valence-electron chi connectivity index (χ1n) is 25.9. The molecule has 0 heterocycles. The third-order valence-electron chi connectivity index (χ3n) is 12.8. The number of carbonyl (C=O) groups excluding carboxylic acids is 5. The Kier molecular flexibility index (Phi) is 20.6. The molecule has 0 aliphatic heterocycles. The Bertz CT molecular complexity index is 2630. The molecule has 2 aliphatic rings. The molecule has 0 unspecified atom stereocenters. The fraction of sp³-hybridized carbons (Fsp3) is 0.410. The Labute approximate surface area is 440 Å². The lowest BCUT2D eigenvalue weighted by Gasteiger charge is -2.20. The lowest BCUT2D eigenvalue weighted by molar-refractivity contribution is -0.156. The summed E-state index contributed by atoms with van der Waals surface area (Å²) in [4.78, 5) is 73.8. The minimum Gasteiger partial charge on any atom is -0.481 e. The standard InChI is InChI=1S/C34H39NO6.C27H33NO6/c1-34(2,3)41-33(38)35-20-12-11-15-25(32(37)40-22-24-13-5-4-6-14-24)21-31(36)39-23-30-28-18-9-7-16-26(28)27-17-8-10-19-29(27)30;1-27(2,3)34-26(32)28-15-9-8-10-18(25(30)31)16-24(29)33-17-23-21-13-6-4-11-19(21)20-12-5-7-14-22(20)23/h4-10,13-14,16-19,25,30H,11-12,15,20-23H2,1-3H3,(H,35,38);4-7,11-14,18,23H,8-10,15-17H2,1-3H3,(H,28,32)(H,30,31)/t25-;18-/m11/s1. The Hall–Kier alpha value is -7.48. The van der Waals surface area contributed by atoms with Gasteiger partial charge in [0, 0.05) is 24.9 Å². The number of benzene rings is 5. The lowest BCUT2D eigenvalue weighted by Crippen LogP contribution is -2.33. The number of carboxylic acid groups (broad SMARTS) is 1. The van der Waals surface area contributed by atoms with Gasteiger partial charge in [-0.25, -0.2) is 9.59 Å². The maximum Gasteiger partial charge on any atom is 0.407 e. The third kappa shape index (κ3) is 17.6. The highest BCUT2D eigenvalue weighted by Crippen LogP contribution is 2.46. The van der Waals surface area contributed by atoms with Crippen molar-refractivity contribution in [3.05, 3.63) is 155 Å². The van der Waals surface area contributed by atoms with Crippen molar-refractivity contribution in [3.8, 4) is 22.3 Å². The summed E-state index contributed by atoms with van der Waals surface area (Å²) < 4.78 is 27.3. The van der Waals surface area contributed by atoms with Crippen LogP contribution >= 0.6 is 0 Å². The van der Waals surface area contributed by atoms with E-state index in [4.69, 9.17) is 23.7 Å². The number of unbranched alkanes of at least 4 members (excludes halogenated alkanes) is 2. The number of amides is 2. The highest BCUT2D eigenvalue weighted by molar-refractivity contribution is 5.82. The predicted molar refractivity (Wildman–Crippen MR) is 286 cm³/mol. The van der Waals surface area contributed by atoms with Gasteiger partial charge in [0.05, 0.1) is 24.7 Å². The van der Waals surface area contributed by atoms with Gasteiger partial charge < -0.3 is 39.4 Å². The van der Waals surface area contributed by atoms with Crippen LogP contribution in [0, 0.1) is 11.8 Å². The summed E-state index contributed by atoms with van der Waals surface area (Å²) in [5, 5.41) is 14.9. The molecule has 5 aromatic carbocycles. The van der Waals surface area contributed by atoms with Crippen LogP contribution < -0.4 is 10.6 Å². The molecule has 3 N–H and O–H groups in total. The van der Waals surface area contributed by atoms with Gasteiger partial charge in [-0.15, -0.1) is 0 Å². The van der Waals surface area contributed by atoms with Crippen LogP contribution in [-0.2, 0) is 49.5 Å². The topological polar surface area (TPSA) is 193 Å². The molecular weight excluding hydrogens is 953 g/mol. The SMILES string of the molecule is CC(C)(C)OC(=O)NCCCC[C@H](CC(=O)OCC1c2ccccc2-c2ccccc21)C(=O)O.CC(C)(C)OC(=O)NCCCC[C@H](CC(=O)OCC1c2ccccc2-c2ccccc21)C(=O)OCc1ccccc1. The number of nitrogens with one attached hydrogen (secondary N) is 2. The van der Waals surface area contributed by atoms with Crippen LogP contribution in [0.4, 0.5) is 9.59 Å². The number of carboxylic acids is 1. The molecule has 0 aromatic heterocycles. The van der Waals surface area contributed by atoms with Crippen molar-refractivity contribution < 1.29 is 57.6 Å². The molecule has 5 aromatic rings. The summed E-state index contributed by atoms with van der Waals surface area (Å²) in [7, 11) is 0. The van der Waals surface area contributed by atoms with Crippen LogP contribution in [0.5, 0.6) is 0 Å². The first-order valence-corrected chi connectivity index (χ1v) is 25.9. The van der Waals surface area contributed by atoms with Gasteiger partial charge in [-0.2, -0.15) is 0 Å². The van der Waals surface area contributed by atoms with Gasteiger partial charge in [-0.1, -0.05) is 140 Å². The highest BCUT2D eigenvalue weighted by atomic mass is 16.6. The van der Waals surface area contributed by atoms with Gasteiger partial charge in [-0.05, 0) is 117 Å². The smallest absolute Gasteiger partial charge is 0.407 e. The zero-order chi connectivity index (χ0) is 54.0. The number of carbonyl (C=O) groups is 6. The number of esters is 3. The molecule has 2 aliphatic carbocycles. The molecule has 398 valence electrons. The van der Waals surface area contributed by atoms with Gasteiger partial charge in [0.2, 0.25) is 0 Å². The molecule has 7 rings (SSSR count). The van der Waals surface area contributed by atoms with E-state index in [1.807, 2.05) is 112 Å². The quantitative estimate of drug-likeness (QED) is 0.0338. The van der Waals surface area contributed by atoms with E-state index in [9.17, 15) is 33.9 Å². The molecule has 2 amide bonds. The molecule has 0 saturated heterocycles. The zero-order valence-electron chi connectivity index (χ0n) is 44.1. The number of rotatable bonds is 22. The summed E-state index contributed by atoms with van der Waals surface area (Å²) in [5.41, 5.74) is 8.84. The van der Waals surface area contributed by atoms with E-state index in [1.54, 1.807) is 20.8 Å². The zero-order valence-corrected chi connectivity index (χ0v) is 44.1. The van der Waals surface area contributed by atoms with E-state index in [2.05, 4.69) is 47.0 Å². The van der Waals surface area contributed by atoms with Crippen LogP contribution in [0.1, 0.15) is 133 Å². The number of hydrogen-bond donors (Lipinski definition) is 3. The van der Waals surface area contributed by atoms with E-state index < -0.39 is 59.1 Å². The molecule has 2 atom stereocenters. The number of alkyl carbamates (subject to hydrolysis) is 2. The van der Waals surface area contributed by atoms with Gasteiger partial charge in [0.25, 0.3) is 0 Å². The number of ether oxygens (including phenoxy) is 5. The minimum absolute atomic E-state index is 0.0474. The van der Waals surface area contributed by atoms with E-state index in [0.29, 0.717) is 51.6 Å².